The van der Waals surface area contributed by atoms with Gasteiger partial charge in [0.05, 0.1) is 4.90 Å². The molecule has 1 heterocycles. The normalized spacial score (nSPS) is 15.6. The van der Waals surface area contributed by atoms with Gasteiger partial charge in [-0.1, -0.05) is 12.1 Å². The molecule has 0 aromatic heterocycles. The predicted octanol–water partition coefficient (Wildman–Crippen LogP) is -0.00856. The van der Waals surface area contributed by atoms with E-state index >= 15 is 0 Å². The molecule has 9 heteroatoms. The lowest BCUT2D eigenvalue weighted by Gasteiger charge is -2.34. The number of nitrogens with zero attached hydrogens (tertiary/aromatic N) is 2. The van der Waals surface area contributed by atoms with Crippen LogP contribution in [0.5, 0.6) is 0 Å². The maximum absolute atomic E-state index is 12.9. The number of nitrogens with two attached hydrogens (primary N) is 1. The van der Waals surface area contributed by atoms with Crippen molar-refractivity contribution in [2.24, 2.45) is 5.73 Å². The van der Waals surface area contributed by atoms with Crippen molar-refractivity contribution in [3.8, 4) is 0 Å². The molecule has 1 aromatic carbocycles. The Morgan fingerprint density at radius 1 is 1.11 bits per heavy atom. The number of piperazine rings is 1. The van der Waals surface area contributed by atoms with Gasteiger partial charge in [0.25, 0.3) is 0 Å². The number of carbonyl (C=O) groups excluding carboxylic acids is 2. The van der Waals surface area contributed by atoms with Crippen LogP contribution in [0.4, 0.5) is 0 Å². The second-order valence-corrected chi connectivity index (χ2v) is 8.60. The van der Waals surface area contributed by atoms with Gasteiger partial charge < -0.3 is 16.0 Å². The van der Waals surface area contributed by atoms with Crippen molar-refractivity contribution in [3.05, 3.63) is 29.3 Å². The van der Waals surface area contributed by atoms with Crippen LogP contribution in [-0.4, -0.2) is 68.7 Å². The molecular formula is C18H28N4O4S. The van der Waals surface area contributed by atoms with Gasteiger partial charge in [-0.25, -0.2) is 8.42 Å². The van der Waals surface area contributed by atoms with E-state index in [0.717, 1.165) is 5.56 Å². The largest absolute Gasteiger partial charge is 0.355 e. The highest BCUT2D eigenvalue weighted by atomic mass is 32.2. The van der Waals surface area contributed by atoms with Crippen LogP contribution in [0.15, 0.2) is 23.1 Å². The van der Waals surface area contributed by atoms with Crippen molar-refractivity contribution in [2.75, 3.05) is 39.3 Å². The summed E-state index contributed by atoms with van der Waals surface area (Å²) in [6.07, 6.45) is 0.222. The molecule has 1 aliphatic heterocycles. The molecule has 1 aromatic rings. The number of aryl methyl sites for hydroxylation is 2. The fourth-order valence-corrected chi connectivity index (χ4v) is 4.71. The molecule has 2 amide bonds. The van der Waals surface area contributed by atoms with Crippen LogP contribution in [0, 0.1) is 13.8 Å². The molecular weight excluding hydrogens is 368 g/mol. The fourth-order valence-electron chi connectivity index (χ4n) is 2.98. The molecule has 0 atom stereocenters. The van der Waals surface area contributed by atoms with Gasteiger partial charge in [0.1, 0.15) is 0 Å². The van der Waals surface area contributed by atoms with Gasteiger partial charge in [0.2, 0.25) is 21.8 Å². The van der Waals surface area contributed by atoms with Crippen LogP contribution >= 0.6 is 0 Å². The van der Waals surface area contributed by atoms with E-state index in [-0.39, 0.29) is 37.7 Å². The molecule has 0 bridgehead atoms. The zero-order chi connectivity index (χ0) is 20.0. The Kier molecular flexibility index (Phi) is 7.34. The highest BCUT2D eigenvalue weighted by Crippen LogP contribution is 2.22. The minimum Gasteiger partial charge on any atom is -0.355 e. The van der Waals surface area contributed by atoms with Gasteiger partial charge in [-0.3, -0.25) is 9.59 Å². The fraction of sp³-hybridized carbons (Fsp3) is 0.556. The summed E-state index contributed by atoms with van der Waals surface area (Å²) in [5.41, 5.74) is 6.91. The van der Waals surface area contributed by atoms with Gasteiger partial charge in [0.15, 0.2) is 0 Å². The highest BCUT2D eigenvalue weighted by molar-refractivity contribution is 7.89. The molecule has 8 nitrogen and oxygen atoms in total. The zero-order valence-electron chi connectivity index (χ0n) is 15.9. The summed E-state index contributed by atoms with van der Waals surface area (Å²) in [5, 5.41) is 2.62. The number of amides is 2. The Morgan fingerprint density at radius 3 is 2.41 bits per heavy atom. The Morgan fingerprint density at radius 2 is 1.78 bits per heavy atom. The number of sulfonamides is 1. The van der Waals surface area contributed by atoms with Gasteiger partial charge in [-0.2, -0.15) is 4.31 Å². The minimum absolute atomic E-state index is 0.111. The summed E-state index contributed by atoms with van der Waals surface area (Å²) in [6.45, 7) is 5.54. The van der Waals surface area contributed by atoms with Crippen LogP contribution in [0.2, 0.25) is 0 Å². The van der Waals surface area contributed by atoms with E-state index in [2.05, 4.69) is 5.32 Å². The molecule has 0 unspecified atom stereocenters. The second kappa shape index (κ2) is 9.29. The van der Waals surface area contributed by atoms with Gasteiger partial charge in [-0.05, 0) is 31.0 Å². The average Bonchev–Trinajstić information content (AvgIpc) is 2.66. The molecule has 1 aliphatic rings. The summed E-state index contributed by atoms with van der Waals surface area (Å²) < 4.78 is 27.2. The number of hydrogen-bond acceptors (Lipinski definition) is 5. The molecule has 0 aliphatic carbocycles. The van der Waals surface area contributed by atoms with Crippen molar-refractivity contribution >= 4 is 21.8 Å². The van der Waals surface area contributed by atoms with E-state index in [0.29, 0.717) is 36.6 Å². The van der Waals surface area contributed by atoms with Crippen molar-refractivity contribution in [1.29, 1.82) is 0 Å². The molecule has 0 saturated carbocycles. The first-order valence-electron chi connectivity index (χ1n) is 9.07. The Balaban J connectivity index is 1.91. The second-order valence-electron chi connectivity index (χ2n) is 6.69. The Hall–Kier alpha value is -1.97. The van der Waals surface area contributed by atoms with Crippen molar-refractivity contribution in [2.45, 2.75) is 31.6 Å². The molecule has 2 rings (SSSR count). The van der Waals surface area contributed by atoms with Crippen LogP contribution in [0.25, 0.3) is 0 Å². The molecule has 3 N–H and O–H groups in total. The third-order valence-electron chi connectivity index (χ3n) is 4.59. The van der Waals surface area contributed by atoms with E-state index in [1.165, 1.54) is 4.31 Å². The Bertz CT molecular complexity index is 787. The Labute approximate surface area is 160 Å². The molecule has 1 fully saturated rings. The summed E-state index contributed by atoms with van der Waals surface area (Å²) in [7, 11) is -3.58. The van der Waals surface area contributed by atoms with Gasteiger partial charge >= 0.3 is 0 Å². The van der Waals surface area contributed by atoms with Crippen molar-refractivity contribution in [3.63, 3.8) is 0 Å². The first-order valence-corrected chi connectivity index (χ1v) is 10.5. The number of hydrogen-bond donors (Lipinski definition) is 2. The smallest absolute Gasteiger partial charge is 0.243 e. The topological polar surface area (TPSA) is 113 Å². The third-order valence-corrected chi connectivity index (χ3v) is 6.63. The summed E-state index contributed by atoms with van der Waals surface area (Å²) in [5.74, 6) is -0.341. The third kappa shape index (κ3) is 5.50. The first-order chi connectivity index (χ1) is 12.8. The molecule has 150 valence electrons. The van der Waals surface area contributed by atoms with Gasteiger partial charge in [-0.15, -0.1) is 0 Å². The monoisotopic (exact) mass is 396 g/mol. The summed E-state index contributed by atoms with van der Waals surface area (Å²) >= 11 is 0. The van der Waals surface area contributed by atoms with E-state index in [4.69, 9.17) is 5.73 Å². The lowest BCUT2D eigenvalue weighted by Crippen LogP contribution is -2.50. The van der Waals surface area contributed by atoms with Crippen LogP contribution < -0.4 is 11.1 Å². The molecule has 1 saturated heterocycles. The minimum atomic E-state index is -3.58. The lowest BCUT2D eigenvalue weighted by atomic mass is 10.2. The maximum Gasteiger partial charge on any atom is 0.243 e. The summed E-state index contributed by atoms with van der Waals surface area (Å²) in [4.78, 5) is 25.8. The van der Waals surface area contributed by atoms with Crippen molar-refractivity contribution < 1.29 is 18.0 Å². The number of nitrogens with one attached hydrogen (secondary N) is 1. The van der Waals surface area contributed by atoms with E-state index in [1.807, 2.05) is 13.0 Å². The molecule has 0 spiro atoms. The van der Waals surface area contributed by atoms with E-state index in [1.54, 1.807) is 24.0 Å². The average molecular weight is 397 g/mol. The zero-order valence-corrected chi connectivity index (χ0v) is 16.7. The van der Waals surface area contributed by atoms with Crippen LogP contribution in [-0.2, 0) is 19.6 Å². The molecule has 0 radical (unpaired) electrons. The maximum atomic E-state index is 12.9. The predicted molar refractivity (Wildman–Crippen MR) is 103 cm³/mol. The number of benzene rings is 1. The van der Waals surface area contributed by atoms with Crippen LogP contribution in [0.3, 0.4) is 0 Å². The summed E-state index contributed by atoms with van der Waals surface area (Å²) in [6, 6.07) is 5.37. The standard InChI is InChI=1S/C18H28N4O4S/c1-14-3-4-15(2)16(13-14)27(25,26)22-11-9-21(10-12-22)18(24)6-5-17(23)20-8-7-19/h3-4,13H,5-12,19H2,1-2H3,(H,20,23). The highest BCUT2D eigenvalue weighted by Gasteiger charge is 2.31. The quantitative estimate of drug-likeness (QED) is 0.673. The SMILES string of the molecule is Cc1ccc(C)c(S(=O)(=O)N2CCN(C(=O)CCC(=O)NCCN)CC2)c1. The number of carbonyl (C=O) groups is 2. The van der Waals surface area contributed by atoms with E-state index in [9.17, 15) is 18.0 Å². The van der Waals surface area contributed by atoms with Crippen LogP contribution in [0.1, 0.15) is 24.0 Å². The van der Waals surface area contributed by atoms with E-state index < -0.39 is 10.0 Å². The molecule has 27 heavy (non-hydrogen) atoms. The lowest BCUT2D eigenvalue weighted by molar-refractivity contribution is -0.134. The first kappa shape index (κ1) is 21.3. The number of rotatable bonds is 7. The van der Waals surface area contributed by atoms with Crippen molar-refractivity contribution in [1.82, 2.24) is 14.5 Å². The van der Waals surface area contributed by atoms with Gasteiger partial charge in [0, 0.05) is 52.1 Å².